The smallest absolute Gasteiger partial charge is 0.322 e. The number of nitrogens with zero attached hydrogens (tertiary/aromatic N) is 2. The van der Waals surface area contributed by atoms with Gasteiger partial charge in [-0.1, -0.05) is 39.2 Å². The topological polar surface area (TPSA) is 148 Å². The molecule has 0 aromatic heterocycles. The number of carbonyl (C=O) groups is 5. The van der Waals surface area contributed by atoms with Gasteiger partial charge in [-0.25, -0.2) is 10.4 Å². The Kier molecular flexibility index (Phi) is 14.3. The molecule has 2 aliphatic rings. The molecular formula is C33H51N5O6. The van der Waals surface area contributed by atoms with Crippen molar-refractivity contribution in [1.29, 1.82) is 0 Å². The average molecular weight is 614 g/mol. The normalized spacial score (nSPS) is 18.1. The molecule has 244 valence electrons. The highest BCUT2D eigenvalue weighted by Gasteiger charge is 2.36. The summed E-state index contributed by atoms with van der Waals surface area (Å²) in [5.74, 6) is -2.15. The molecule has 0 radical (unpaired) electrons. The monoisotopic (exact) mass is 613 g/mol. The number of aliphatic carboxylic acids is 1. The number of rotatable bonds is 15. The minimum absolute atomic E-state index is 0.00846. The molecule has 0 spiro atoms. The molecule has 2 heterocycles. The van der Waals surface area contributed by atoms with Crippen LogP contribution in [0.25, 0.3) is 0 Å². The minimum atomic E-state index is -1.22. The SMILES string of the molecule is CC(C)CCCCCC(=O)Nc1cccc(C(=O)N(N[C@H](C)C(=O)O)C(=O)[C@@H]2CCCN(C(=O)CCC3CCNCC3)C2)c1. The number of imide groups is 1. The van der Waals surface area contributed by atoms with Gasteiger partial charge in [-0.15, -0.1) is 0 Å². The van der Waals surface area contributed by atoms with Crippen molar-refractivity contribution in [3.63, 3.8) is 0 Å². The molecule has 4 N–H and O–H groups in total. The molecule has 1 aromatic rings. The number of carbonyl (C=O) groups excluding carboxylic acids is 4. The number of nitrogens with one attached hydrogen (secondary N) is 3. The van der Waals surface area contributed by atoms with Crippen LogP contribution in [-0.2, 0) is 19.2 Å². The number of hydrogen-bond donors (Lipinski definition) is 4. The highest BCUT2D eigenvalue weighted by Crippen LogP contribution is 2.24. The molecule has 2 fully saturated rings. The summed E-state index contributed by atoms with van der Waals surface area (Å²) in [4.78, 5) is 66.3. The average Bonchev–Trinajstić information content (AvgIpc) is 3.02. The van der Waals surface area contributed by atoms with E-state index in [9.17, 15) is 29.1 Å². The standard InChI is InChI=1S/C33H51N5O6/c1-23(2)9-5-4-6-13-29(39)35-28-12-7-10-26(21-28)31(41)38(36-24(3)33(43)44)32(42)27-11-8-20-37(22-27)30(40)15-14-25-16-18-34-19-17-25/h7,10,12,21,23-25,27,34,36H,4-6,8-9,11,13-20,22H2,1-3H3,(H,35,39)(H,43,44)/t24-,27-/m1/s1. The van der Waals surface area contributed by atoms with Crippen molar-refractivity contribution in [1.82, 2.24) is 20.7 Å². The van der Waals surface area contributed by atoms with Gasteiger partial charge in [0.1, 0.15) is 6.04 Å². The van der Waals surface area contributed by atoms with Crippen molar-refractivity contribution in [2.75, 3.05) is 31.5 Å². The second kappa shape index (κ2) is 17.9. The number of benzene rings is 1. The van der Waals surface area contributed by atoms with E-state index in [1.165, 1.54) is 19.1 Å². The van der Waals surface area contributed by atoms with Gasteiger partial charge in [0.05, 0.1) is 5.92 Å². The van der Waals surface area contributed by atoms with Gasteiger partial charge in [-0.05, 0) is 88.6 Å². The van der Waals surface area contributed by atoms with Crippen LogP contribution in [-0.4, -0.2) is 76.8 Å². The summed E-state index contributed by atoms with van der Waals surface area (Å²) in [6.07, 6.45) is 8.78. The zero-order chi connectivity index (χ0) is 32.1. The Hall–Kier alpha value is -3.31. The number of carboxylic acids is 1. The maximum Gasteiger partial charge on any atom is 0.322 e. The zero-order valence-electron chi connectivity index (χ0n) is 26.6. The summed E-state index contributed by atoms with van der Waals surface area (Å²) in [5, 5.41) is 16.5. The lowest BCUT2D eigenvalue weighted by molar-refractivity contribution is -0.144. The van der Waals surface area contributed by atoms with Gasteiger partial charge in [-0.2, -0.15) is 0 Å². The highest BCUT2D eigenvalue weighted by atomic mass is 16.4. The van der Waals surface area contributed by atoms with Gasteiger partial charge in [0.15, 0.2) is 0 Å². The molecule has 0 bridgehead atoms. The molecule has 2 saturated heterocycles. The van der Waals surface area contributed by atoms with Crippen LogP contribution in [0.15, 0.2) is 24.3 Å². The lowest BCUT2D eigenvalue weighted by atomic mass is 9.92. The molecule has 0 saturated carbocycles. The van der Waals surface area contributed by atoms with E-state index in [1.54, 1.807) is 17.0 Å². The molecule has 2 aliphatic heterocycles. The Bertz CT molecular complexity index is 1140. The number of hydrogen-bond acceptors (Lipinski definition) is 7. The molecule has 4 amide bonds. The van der Waals surface area contributed by atoms with E-state index < -0.39 is 29.7 Å². The number of carboxylic acid groups (broad SMARTS) is 1. The van der Waals surface area contributed by atoms with E-state index in [4.69, 9.17) is 0 Å². The maximum atomic E-state index is 13.8. The molecule has 0 aliphatic carbocycles. The second-order valence-corrected chi connectivity index (χ2v) is 12.7. The van der Waals surface area contributed by atoms with Gasteiger partial charge in [-0.3, -0.25) is 24.0 Å². The van der Waals surface area contributed by atoms with E-state index in [1.807, 2.05) is 0 Å². The van der Waals surface area contributed by atoms with Crippen LogP contribution in [0.3, 0.4) is 0 Å². The van der Waals surface area contributed by atoms with Crippen LogP contribution >= 0.6 is 0 Å². The molecule has 1 aromatic carbocycles. The van der Waals surface area contributed by atoms with E-state index >= 15 is 0 Å². The number of unbranched alkanes of at least 4 members (excludes halogenated alkanes) is 2. The Morgan fingerprint density at radius 2 is 1.77 bits per heavy atom. The largest absolute Gasteiger partial charge is 0.480 e. The number of amides is 4. The van der Waals surface area contributed by atoms with Crippen molar-refractivity contribution in [3.05, 3.63) is 29.8 Å². The number of hydrazine groups is 1. The lowest BCUT2D eigenvalue weighted by Gasteiger charge is -2.35. The van der Waals surface area contributed by atoms with Crippen LogP contribution in [0.5, 0.6) is 0 Å². The Morgan fingerprint density at radius 1 is 1.02 bits per heavy atom. The summed E-state index contributed by atoms with van der Waals surface area (Å²) in [7, 11) is 0. The Morgan fingerprint density at radius 3 is 2.48 bits per heavy atom. The van der Waals surface area contributed by atoms with Crippen molar-refractivity contribution in [2.24, 2.45) is 17.8 Å². The van der Waals surface area contributed by atoms with E-state index in [-0.39, 0.29) is 23.9 Å². The lowest BCUT2D eigenvalue weighted by Crippen LogP contribution is -2.56. The van der Waals surface area contributed by atoms with Crippen molar-refractivity contribution in [2.45, 2.75) is 97.4 Å². The predicted octanol–water partition coefficient (Wildman–Crippen LogP) is 4.20. The fourth-order valence-electron chi connectivity index (χ4n) is 5.81. The Labute approximate surface area is 261 Å². The van der Waals surface area contributed by atoms with Gasteiger partial charge in [0, 0.05) is 37.2 Å². The summed E-state index contributed by atoms with van der Waals surface area (Å²) < 4.78 is 0. The third kappa shape index (κ3) is 11.3. The third-order valence-electron chi connectivity index (χ3n) is 8.54. The maximum absolute atomic E-state index is 13.8. The summed E-state index contributed by atoms with van der Waals surface area (Å²) in [6.45, 7) is 8.39. The molecular weight excluding hydrogens is 562 g/mol. The summed E-state index contributed by atoms with van der Waals surface area (Å²) in [5.41, 5.74) is 3.12. The van der Waals surface area contributed by atoms with Crippen LogP contribution < -0.4 is 16.1 Å². The summed E-state index contributed by atoms with van der Waals surface area (Å²) >= 11 is 0. The van der Waals surface area contributed by atoms with Crippen LogP contribution in [0.2, 0.25) is 0 Å². The minimum Gasteiger partial charge on any atom is -0.480 e. The molecule has 11 nitrogen and oxygen atoms in total. The zero-order valence-corrected chi connectivity index (χ0v) is 26.6. The highest BCUT2D eigenvalue weighted by molar-refractivity contribution is 6.06. The number of piperidine rings is 2. The molecule has 2 atom stereocenters. The van der Waals surface area contributed by atoms with Gasteiger partial charge in [0.25, 0.3) is 5.91 Å². The molecule has 44 heavy (non-hydrogen) atoms. The summed E-state index contributed by atoms with van der Waals surface area (Å²) in [6, 6.07) is 5.07. The van der Waals surface area contributed by atoms with Gasteiger partial charge < -0.3 is 20.6 Å². The fourth-order valence-corrected chi connectivity index (χ4v) is 5.81. The third-order valence-corrected chi connectivity index (χ3v) is 8.54. The van der Waals surface area contributed by atoms with Crippen molar-refractivity contribution >= 4 is 35.3 Å². The predicted molar refractivity (Wildman–Crippen MR) is 169 cm³/mol. The molecule has 0 unspecified atom stereocenters. The first-order valence-corrected chi connectivity index (χ1v) is 16.3. The van der Waals surface area contributed by atoms with Crippen molar-refractivity contribution < 1.29 is 29.1 Å². The number of anilines is 1. The number of likely N-dealkylation sites (tertiary alicyclic amines) is 1. The van der Waals surface area contributed by atoms with Crippen LogP contribution in [0.4, 0.5) is 5.69 Å². The van der Waals surface area contributed by atoms with E-state index in [0.29, 0.717) is 49.8 Å². The Balaban J connectivity index is 1.65. The first-order valence-electron chi connectivity index (χ1n) is 16.3. The van der Waals surface area contributed by atoms with Gasteiger partial charge in [0.2, 0.25) is 17.7 Å². The van der Waals surface area contributed by atoms with Crippen LogP contribution in [0.1, 0.15) is 102 Å². The molecule has 11 heteroatoms. The first-order chi connectivity index (χ1) is 21.0. The van der Waals surface area contributed by atoms with Crippen molar-refractivity contribution in [3.8, 4) is 0 Å². The molecule has 3 rings (SSSR count). The van der Waals surface area contributed by atoms with E-state index in [0.717, 1.165) is 63.0 Å². The first kappa shape index (κ1) is 35.2. The van der Waals surface area contributed by atoms with E-state index in [2.05, 4.69) is 29.9 Å². The van der Waals surface area contributed by atoms with Gasteiger partial charge >= 0.3 is 5.97 Å². The van der Waals surface area contributed by atoms with Crippen LogP contribution in [0, 0.1) is 17.8 Å². The second-order valence-electron chi connectivity index (χ2n) is 12.7. The quantitative estimate of drug-likeness (QED) is 0.131. The fraction of sp³-hybridized carbons (Fsp3) is 0.667.